The first-order valence-electron chi connectivity index (χ1n) is 11.8. The van der Waals surface area contributed by atoms with Crippen molar-refractivity contribution < 1.29 is 22.7 Å². The second-order valence-electron chi connectivity index (χ2n) is 9.11. The van der Waals surface area contributed by atoms with E-state index >= 15 is 0 Å². The quantitative estimate of drug-likeness (QED) is 0.341. The Morgan fingerprint density at radius 2 is 2.05 bits per heavy atom. The Bertz CT molecular complexity index is 1330. The number of amides is 1. The van der Waals surface area contributed by atoms with Crippen LogP contribution >= 0.6 is 0 Å². The summed E-state index contributed by atoms with van der Waals surface area (Å²) in [6.07, 6.45) is -0.877. The molecule has 4 N–H and O–H groups in total. The first-order valence-corrected chi connectivity index (χ1v) is 11.8. The van der Waals surface area contributed by atoms with Gasteiger partial charge in [-0.1, -0.05) is 12.1 Å². The van der Waals surface area contributed by atoms with Crippen molar-refractivity contribution in [2.75, 3.05) is 30.9 Å². The van der Waals surface area contributed by atoms with Gasteiger partial charge in [0.15, 0.2) is 5.84 Å². The number of methoxy groups -OCH3 is 1. The lowest BCUT2D eigenvalue weighted by atomic mass is 9.80. The van der Waals surface area contributed by atoms with E-state index in [1.54, 1.807) is 23.9 Å². The molecule has 0 unspecified atom stereocenters. The van der Waals surface area contributed by atoms with Gasteiger partial charge in [-0.25, -0.2) is 10.1 Å². The molecule has 1 aliphatic carbocycles. The Morgan fingerprint density at radius 1 is 1.24 bits per heavy atom. The summed E-state index contributed by atoms with van der Waals surface area (Å²) in [4.78, 5) is 13.2. The molecule has 0 spiro atoms. The van der Waals surface area contributed by atoms with Gasteiger partial charge in [-0.3, -0.25) is 10.2 Å². The maximum absolute atomic E-state index is 13.2. The van der Waals surface area contributed by atoms with Crippen molar-refractivity contribution >= 4 is 28.6 Å². The highest BCUT2D eigenvalue weighted by Gasteiger charge is 2.50. The lowest BCUT2D eigenvalue weighted by molar-refractivity contribution is -0.210. The van der Waals surface area contributed by atoms with Gasteiger partial charge in [0, 0.05) is 36.8 Å². The fraction of sp³-hybridized carbons (Fsp3) is 0.375. The number of ether oxygens (including phenoxy) is 1. The number of hydrazine groups is 2. The summed E-state index contributed by atoms with van der Waals surface area (Å²) in [6, 6.07) is 8.84. The van der Waals surface area contributed by atoms with Gasteiger partial charge in [0.2, 0.25) is 0 Å². The van der Waals surface area contributed by atoms with Crippen LogP contribution in [0.15, 0.2) is 47.8 Å². The predicted molar refractivity (Wildman–Crippen MR) is 132 cm³/mol. The minimum absolute atomic E-state index is 0.00473. The molecule has 1 saturated carbocycles. The van der Waals surface area contributed by atoms with Crippen LogP contribution in [-0.4, -0.2) is 59.0 Å². The monoisotopic (exact) mass is 516 g/mol. The highest BCUT2D eigenvalue weighted by molar-refractivity contribution is 6.10. The van der Waals surface area contributed by atoms with Crippen LogP contribution in [0.3, 0.4) is 0 Å². The van der Waals surface area contributed by atoms with E-state index in [1.165, 1.54) is 11.3 Å². The Kier molecular flexibility index (Phi) is 6.65. The molecule has 196 valence electrons. The number of fused-ring (bicyclic) bond motifs is 1. The minimum Gasteiger partial charge on any atom is -0.383 e. The summed E-state index contributed by atoms with van der Waals surface area (Å²) in [5, 5.41) is 16.2. The van der Waals surface area contributed by atoms with E-state index in [0.29, 0.717) is 41.3 Å². The third-order valence-electron chi connectivity index (χ3n) is 6.60. The predicted octanol–water partition coefficient (Wildman–Crippen LogP) is 3.28. The number of amidine groups is 1. The third kappa shape index (κ3) is 5.18. The number of carbonyl (C=O) groups excluding carboxylic acids is 1. The standard InChI is InChI=1S/C24H27F3N8O2/c1-14-3-4-15(22-31-33-35(32-22)18-10-16(11-18)24(25,26)27)9-20(14)30-23(36)19-13-29-34-7-5-17(12-21(19)34)28-6-8-37-2/h3-5,7,9,12-13,16,18,28,33H,6,8,10-11H2,1-2H3,(H,30,36)(H,31,32). The van der Waals surface area contributed by atoms with Crippen LogP contribution in [0.5, 0.6) is 0 Å². The lowest BCUT2D eigenvalue weighted by Gasteiger charge is -2.40. The lowest BCUT2D eigenvalue weighted by Crippen LogP contribution is -2.56. The van der Waals surface area contributed by atoms with Crippen LogP contribution in [0.1, 0.15) is 34.3 Å². The van der Waals surface area contributed by atoms with Crippen molar-refractivity contribution in [1.82, 2.24) is 25.7 Å². The van der Waals surface area contributed by atoms with E-state index in [2.05, 4.69) is 31.8 Å². The number of alkyl halides is 3. The highest BCUT2D eigenvalue weighted by Crippen LogP contribution is 2.42. The van der Waals surface area contributed by atoms with E-state index in [0.717, 1.165) is 11.3 Å². The Hall–Kier alpha value is -3.84. The molecule has 3 heterocycles. The van der Waals surface area contributed by atoms with E-state index in [9.17, 15) is 18.0 Å². The molecule has 1 fully saturated rings. The average Bonchev–Trinajstić information content (AvgIpc) is 3.46. The molecule has 0 saturated heterocycles. The SMILES string of the molecule is COCCNc1ccn2ncc(C(=O)Nc3cc(C4=NNN(C5CC(C(F)(F)F)C5)N4)ccc3C)c2c1. The van der Waals surface area contributed by atoms with Crippen LogP contribution in [0.25, 0.3) is 5.52 Å². The van der Waals surface area contributed by atoms with Crippen LogP contribution in [0, 0.1) is 12.8 Å². The fourth-order valence-corrected chi connectivity index (χ4v) is 4.29. The number of carbonyl (C=O) groups is 1. The fourth-order valence-electron chi connectivity index (χ4n) is 4.29. The summed E-state index contributed by atoms with van der Waals surface area (Å²) in [5.74, 6) is -1.16. The van der Waals surface area contributed by atoms with Gasteiger partial charge in [0.05, 0.1) is 35.8 Å². The molecule has 10 nitrogen and oxygen atoms in total. The maximum atomic E-state index is 13.2. The van der Waals surface area contributed by atoms with Crippen molar-refractivity contribution in [2.24, 2.45) is 11.0 Å². The highest BCUT2D eigenvalue weighted by atomic mass is 19.4. The van der Waals surface area contributed by atoms with Gasteiger partial charge in [0.1, 0.15) is 0 Å². The summed E-state index contributed by atoms with van der Waals surface area (Å²) in [7, 11) is 1.63. The zero-order chi connectivity index (χ0) is 26.2. The molecular formula is C24H27F3N8O2. The summed E-state index contributed by atoms with van der Waals surface area (Å²) in [5.41, 5.74) is 9.77. The van der Waals surface area contributed by atoms with Crippen molar-refractivity contribution in [1.29, 1.82) is 0 Å². The molecule has 0 radical (unpaired) electrons. The Morgan fingerprint density at radius 3 is 2.81 bits per heavy atom. The molecular weight excluding hydrogens is 489 g/mol. The molecule has 0 atom stereocenters. The normalized spacial score (nSPS) is 19.6. The number of aryl methyl sites for hydroxylation is 1. The largest absolute Gasteiger partial charge is 0.391 e. The number of hydrogen-bond donors (Lipinski definition) is 4. The van der Waals surface area contributed by atoms with E-state index in [1.807, 2.05) is 31.2 Å². The number of aromatic nitrogens is 2. The second-order valence-corrected chi connectivity index (χ2v) is 9.11. The van der Waals surface area contributed by atoms with Gasteiger partial charge in [-0.05, 0) is 43.5 Å². The van der Waals surface area contributed by atoms with Gasteiger partial charge in [-0.2, -0.15) is 18.3 Å². The topological polar surface area (TPSA) is 107 Å². The molecule has 1 amide bonds. The van der Waals surface area contributed by atoms with Crippen molar-refractivity contribution in [2.45, 2.75) is 32.0 Å². The number of pyridine rings is 1. The zero-order valence-electron chi connectivity index (χ0n) is 20.3. The van der Waals surface area contributed by atoms with Gasteiger partial charge >= 0.3 is 6.18 Å². The first-order chi connectivity index (χ1) is 17.7. The number of hydrogen-bond acceptors (Lipinski definition) is 8. The third-order valence-corrected chi connectivity index (χ3v) is 6.60. The van der Waals surface area contributed by atoms with Crippen LogP contribution in [-0.2, 0) is 4.74 Å². The number of benzene rings is 1. The zero-order valence-corrected chi connectivity index (χ0v) is 20.3. The molecule has 0 bridgehead atoms. The second kappa shape index (κ2) is 9.90. The van der Waals surface area contributed by atoms with E-state index in [4.69, 9.17) is 4.74 Å². The number of nitrogens with zero attached hydrogens (tertiary/aromatic N) is 4. The van der Waals surface area contributed by atoms with Crippen LogP contribution in [0.4, 0.5) is 24.5 Å². The summed E-state index contributed by atoms with van der Waals surface area (Å²) < 4.78 is 45.2. The van der Waals surface area contributed by atoms with Crippen LogP contribution in [0.2, 0.25) is 0 Å². The van der Waals surface area contributed by atoms with Gasteiger partial charge in [0.25, 0.3) is 5.91 Å². The van der Waals surface area contributed by atoms with Gasteiger partial charge in [-0.15, -0.1) is 10.2 Å². The molecule has 2 aromatic heterocycles. The molecule has 3 aromatic rings. The van der Waals surface area contributed by atoms with Crippen molar-refractivity contribution in [3.63, 3.8) is 0 Å². The summed E-state index contributed by atoms with van der Waals surface area (Å²) >= 11 is 0. The maximum Gasteiger partial charge on any atom is 0.391 e. The van der Waals surface area contributed by atoms with E-state index < -0.39 is 12.1 Å². The smallest absolute Gasteiger partial charge is 0.383 e. The number of rotatable bonds is 8. The minimum atomic E-state index is -4.17. The summed E-state index contributed by atoms with van der Waals surface area (Å²) in [6.45, 7) is 3.05. The number of hydrazone groups is 1. The van der Waals surface area contributed by atoms with E-state index in [-0.39, 0.29) is 24.8 Å². The molecule has 1 aromatic carbocycles. The molecule has 37 heavy (non-hydrogen) atoms. The first kappa shape index (κ1) is 24.8. The van der Waals surface area contributed by atoms with Gasteiger partial charge < -0.3 is 15.4 Å². The Labute approximate surface area is 210 Å². The average molecular weight is 517 g/mol. The van der Waals surface area contributed by atoms with Crippen molar-refractivity contribution in [3.8, 4) is 0 Å². The molecule has 5 rings (SSSR count). The molecule has 1 aliphatic heterocycles. The molecule has 13 heteroatoms. The van der Waals surface area contributed by atoms with Crippen molar-refractivity contribution in [3.05, 3.63) is 59.4 Å². The molecule has 2 aliphatic rings. The number of halogens is 3. The number of nitrogens with one attached hydrogen (secondary N) is 4. The van der Waals surface area contributed by atoms with Crippen LogP contribution < -0.4 is 21.6 Å². The Balaban J connectivity index is 1.27. The number of anilines is 2.